The van der Waals surface area contributed by atoms with Crippen molar-refractivity contribution in [3.05, 3.63) is 29.8 Å². The van der Waals surface area contributed by atoms with E-state index in [2.05, 4.69) is 11.6 Å². The lowest BCUT2D eigenvalue weighted by atomic mass is 9.99. The Hall–Kier alpha value is -1.44. The van der Waals surface area contributed by atoms with Crippen LogP contribution in [0.15, 0.2) is 29.2 Å². The van der Waals surface area contributed by atoms with Crippen LogP contribution in [0.3, 0.4) is 0 Å². The van der Waals surface area contributed by atoms with Crippen LogP contribution in [-0.4, -0.2) is 52.6 Å². The number of likely N-dealkylation sites (tertiary alicyclic amines) is 1. The quantitative estimate of drug-likeness (QED) is 0.796. The fraction of sp³-hybridized carbons (Fsp3) is 0.562. The highest BCUT2D eigenvalue weighted by molar-refractivity contribution is 7.89. The van der Waals surface area contributed by atoms with Crippen molar-refractivity contribution in [2.75, 3.05) is 33.4 Å². The number of amides is 1. The molecule has 0 saturated carbocycles. The Balaban J connectivity index is 2.14. The molecule has 1 fully saturated rings. The summed E-state index contributed by atoms with van der Waals surface area (Å²) in [5.74, 6) is 0.376. The lowest BCUT2D eigenvalue weighted by Gasteiger charge is -2.31. The summed E-state index contributed by atoms with van der Waals surface area (Å²) in [5.41, 5.74) is 0.411. The van der Waals surface area contributed by atoms with E-state index < -0.39 is 10.0 Å². The first kappa shape index (κ1) is 17.9. The fourth-order valence-electron chi connectivity index (χ4n) is 2.71. The minimum absolute atomic E-state index is 0.101. The minimum atomic E-state index is -3.63. The molecule has 1 aliphatic heterocycles. The van der Waals surface area contributed by atoms with Crippen LogP contribution in [0.25, 0.3) is 0 Å². The van der Waals surface area contributed by atoms with Gasteiger partial charge < -0.3 is 9.64 Å². The summed E-state index contributed by atoms with van der Waals surface area (Å²) in [6.07, 6.45) is 2.12. The van der Waals surface area contributed by atoms with Gasteiger partial charge in [0.15, 0.2) is 0 Å². The van der Waals surface area contributed by atoms with Gasteiger partial charge in [0.2, 0.25) is 10.0 Å². The second-order valence-electron chi connectivity index (χ2n) is 5.92. The Bertz CT molecular complexity index is 645. The lowest BCUT2D eigenvalue weighted by Crippen LogP contribution is -2.39. The van der Waals surface area contributed by atoms with E-state index in [-0.39, 0.29) is 17.3 Å². The lowest BCUT2D eigenvalue weighted by molar-refractivity contribution is 0.0683. The summed E-state index contributed by atoms with van der Waals surface area (Å²) in [6.45, 7) is 4.07. The average molecular weight is 340 g/mol. The third-order valence-corrected chi connectivity index (χ3v) is 5.39. The molecular formula is C16H24N2O4S. The summed E-state index contributed by atoms with van der Waals surface area (Å²) >= 11 is 0. The molecule has 1 saturated heterocycles. The number of ether oxygens (including phenoxy) is 1. The van der Waals surface area contributed by atoms with Crippen molar-refractivity contribution in [2.45, 2.75) is 24.7 Å². The molecule has 1 atom stereocenters. The zero-order valence-electron chi connectivity index (χ0n) is 13.6. The number of hydrogen-bond acceptors (Lipinski definition) is 4. The molecule has 1 unspecified atom stereocenters. The Morgan fingerprint density at radius 3 is 2.91 bits per heavy atom. The third kappa shape index (κ3) is 4.76. The van der Waals surface area contributed by atoms with Crippen LogP contribution in [0.5, 0.6) is 0 Å². The van der Waals surface area contributed by atoms with Crippen molar-refractivity contribution in [3.8, 4) is 0 Å². The monoisotopic (exact) mass is 340 g/mol. The van der Waals surface area contributed by atoms with Crippen LogP contribution < -0.4 is 4.72 Å². The molecule has 1 aromatic carbocycles. The van der Waals surface area contributed by atoms with Gasteiger partial charge >= 0.3 is 0 Å². The summed E-state index contributed by atoms with van der Waals surface area (Å²) in [5, 5.41) is 0. The van der Waals surface area contributed by atoms with E-state index in [0.29, 0.717) is 18.1 Å². The summed E-state index contributed by atoms with van der Waals surface area (Å²) in [4.78, 5) is 14.5. The highest BCUT2D eigenvalue weighted by Crippen LogP contribution is 2.19. The van der Waals surface area contributed by atoms with E-state index in [0.717, 1.165) is 25.9 Å². The number of methoxy groups -OCH3 is 1. The Labute approximate surface area is 137 Å². The molecule has 1 aromatic rings. The maximum Gasteiger partial charge on any atom is 0.253 e. The van der Waals surface area contributed by atoms with Crippen LogP contribution in [0, 0.1) is 5.92 Å². The highest BCUT2D eigenvalue weighted by atomic mass is 32.2. The number of sulfonamides is 1. The average Bonchev–Trinajstić information content (AvgIpc) is 2.54. The van der Waals surface area contributed by atoms with Gasteiger partial charge in [-0.25, -0.2) is 13.1 Å². The molecule has 23 heavy (non-hydrogen) atoms. The summed E-state index contributed by atoms with van der Waals surface area (Å²) < 4.78 is 31.7. The van der Waals surface area contributed by atoms with Gasteiger partial charge in [0, 0.05) is 32.3 Å². The number of hydrogen-bond donors (Lipinski definition) is 1. The predicted octanol–water partition coefficient (Wildman–Crippen LogP) is 1.48. The Morgan fingerprint density at radius 1 is 1.43 bits per heavy atom. The SMILES string of the molecule is COCCNS(=O)(=O)c1cccc(C(=O)N2CCCC(C)C2)c1. The first-order chi connectivity index (χ1) is 10.9. The number of nitrogens with one attached hydrogen (secondary N) is 1. The van der Waals surface area contributed by atoms with Gasteiger partial charge in [0.05, 0.1) is 11.5 Å². The molecular weight excluding hydrogens is 316 g/mol. The zero-order valence-corrected chi connectivity index (χ0v) is 14.4. The predicted molar refractivity (Wildman–Crippen MR) is 87.8 cm³/mol. The number of carbonyl (C=O) groups excluding carboxylic acids is 1. The van der Waals surface area contributed by atoms with Crippen LogP contribution in [-0.2, 0) is 14.8 Å². The van der Waals surface area contributed by atoms with E-state index >= 15 is 0 Å². The molecule has 0 spiro atoms. The van der Waals surface area contributed by atoms with Crippen LogP contribution in [0.1, 0.15) is 30.1 Å². The van der Waals surface area contributed by atoms with E-state index in [1.807, 2.05) is 0 Å². The standard InChI is InChI=1S/C16H24N2O4S/c1-13-5-4-9-18(12-13)16(19)14-6-3-7-15(11-14)23(20,21)17-8-10-22-2/h3,6-7,11,13,17H,4-5,8-10,12H2,1-2H3. The molecule has 7 heteroatoms. The maximum absolute atomic E-state index is 12.6. The van der Waals surface area contributed by atoms with E-state index in [9.17, 15) is 13.2 Å². The topological polar surface area (TPSA) is 75.7 Å². The van der Waals surface area contributed by atoms with Crippen molar-refractivity contribution in [2.24, 2.45) is 5.92 Å². The zero-order chi connectivity index (χ0) is 16.9. The van der Waals surface area contributed by atoms with E-state index in [1.165, 1.54) is 19.2 Å². The summed E-state index contributed by atoms with van der Waals surface area (Å²) in [6, 6.07) is 6.20. The molecule has 6 nitrogen and oxygen atoms in total. The van der Waals surface area contributed by atoms with Gasteiger partial charge in [-0.3, -0.25) is 4.79 Å². The van der Waals surface area contributed by atoms with Crippen molar-refractivity contribution < 1.29 is 17.9 Å². The van der Waals surface area contributed by atoms with Crippen LogP contribution in [0.4, 0.5) is 0 Å². The second kappa shape index (κ2) is 7.90. The minimum Gasteiger partial charge on any atom is -0.383 e. The first-order valence-electron chi connectivity index (χ1n) is 7.82. The van der Waals surface area contributed by atoms with Gasteiger partial charge in [0.1, 0.15) is 0 Å². The highest BCUT2D eigenvalue weighted by Gasteiger charge is 2.23. The number of benzene rings is 1. The molecule has 0 radical (unpaired) electrons. The smallest absolute Gasteiger partial charge is 0.253 e. The van der Waals surface area contributed by atoms with Crippen molar-refractivity contribution >= 4 is 15.9 Å². The Kier molecular flexibility index (Phi) is 6.15. The second-order valence-corrected chi connectivity index (χ2v) is 7.68. The van der Waals surface area contributed by atoms with E-state index in [4.69, 9.17) is 4.74 Å². The molecule has 2 rings (SSSR count). The molecule has 0 aromatic heterocycles. The third-order valence-electron chi connectivity index (χ3n) is 3.93. The van der Waals surface area contributed by atoms with Crippen molar-refractivity contribution in [1.29, 1.82) is 0 Å². The van der Waals surface area contributed by atoms with Gasteiger partial charge in [-0.1, -0.05) is 13.0 Å². The van der Waals surface area contributed by atoms with Crippen molar-refractivity contribution in [3.63, 3.8) is 0 Å². The molecule has 1 heterocycles. The van der Waals surface area contributed by atoms with E-state index in [1.54, 1.807) is 17.0 Å². The number of nitrogens with zero attached hydrogens (tertiary/aromatic N) is 1. The molecule has 0 aliphatic carbocycles. The van der Waals surface area contributed by atoms with Crippen molar-refractivity contribution in [1.82, 2.24) is 9.62 Å². The fourth-order valence-corrected chi connectivity index (χ4v) is 3.77. The molecule has 0 bridgehead atoms. The maximum atomic E-state index is 12.6. The number of carbonyl (C=O) groups is 1. The molecule has 1 amide bonds. The van der Waals surface area contributed by atoms with Gasteiger partial charge in [-0.2, -0.15) is 0 Å². The molecule has 1 N–H and O–H groups in total. The number of piperidine rings is 1. The van der Waals surface area contributed by atoms with Gasteiger partial charge in [-0.05, 0) is 37.0 Å². The summed E-state index contributed by atoms with van der Waals surface area (Å²) in [7, 11) is -2.12. The van der Waals surface area contributed by atoms with Gasteiger partial charge in [-0.15, -0.1) is 0 Å². The molecule has 1 aliphatic rings. The largest absolute Gasteiger partial charge is 0.383 e. The number of rotatable bonds is 6. The first-order valence-corrected chi connectivity index (χ1v) is 9.30. The molecule has 128 valence electrons. The van der Waals surface area contributed by atoms with Crippen LogP contribution >= 0.6 is 0 Å². The van der Waals surface area contributed by atoms with Crippen LogP contribution in [0.2, 0.25) is 0 Å². The normalized spacial score (nSPS) is 18.9. The Morgan fingerprint density at radius 2 is 2.22 bits per heavy atom. The van der Waals surface area contributed by atoms with Gasteiger partial charge in [0.25, 0.3) is 5.91 Å².